The molecule has 0 radical (unpaired) electrons. The molecule has 1 aliphatic heterocycles. The van der Waals surface area contributed by atoms with Crippen LogP contribution < -0.4 is 0 Å². The van der Waals surface area contributed by atoms with Gasteiger partial charge in [0.05, 0.1) is 23.9 Å². The number of benzene rings is 1. The fourth-order valence-corrected chi connectivity index (χ4v) is 5.95. The summed E-state index contributed by atoms with van der Waals surface area (Å²) >= 11 is 0. The van der Waals surface area contributed by atoms with E-state index in [9.17, 15) is 9.90 Å². The van der Waals surface area contributed by atoms with E-state index >= 15 is 0 Å². The van der Waals surface area contributed by atoms with Crippen LogP contribution in [0.25, 0.3) is 0 Å². The molecule has 2 heterocycles. The largest absolute Gasteiger partial charge is 0.388 e. The Morgan fingerprint density at radius 1 is 1.07 bits per heavy atom. The number of aromatic nitrogens is 2. The SMILES string of the molecule is O=C(N1CCC(O)(Cn2ccnc2)CC1)[C@@]1(c2ccccc2)CC12CCCC2. The van der Waals surface area contributed by atoms with Crippen molar-refractivity contribution in [3.05, 3.63) is 54.6 Å². The molecule has 148 valence electrons. The summed E-state index contributed by atoms with van der Waals surface area (Å²) in [5, 5.41) is 11.0. The zero-order chi connectivity index (χ0) is 19.2. The minimum Gasteiger partial charge on any atom is -0.388 e. The van der Waals surface area contributed by atoms with Crippen LogP contribution in [0.15, 0.2) is 49.1 Å². The van der Waals surface area contributed by atoms with E-state index in [0.717, 1.165) is 6.42 Å². The maximum Gasteiger partial charge on any atom is 0.233 e. The van der Waals surface area contributed by atoms with E-state index < -0.39 is 5.60 Å². The van der Waals surface area contributed by atoms with Crippen molar-refractivity contribution in [1.82, 2.24) is 14.5 Å². The van der Waals surface area contributed by atoms with Gasteiger partial charge in [0.15, 0.2) is 0 Å². The van der Waals surface area contributed by atoms with Crippen LogP contribution >= 0.6 is 0 Å². The molecule has 5 rings (SSSR count). The van der Waals surface area contributed by atoms with Crippen molar-refractivity contribution < 1.29 is 9.90 Å². The molecule has 1 amide bonds. The molecule has 1 aromatic carbocycles. The summed E-state index contributed by atoms with van der Waals surface area (Å²) in [5.74, 6) is 0.297. The molecule has 5 heteroatoms. The van der Waals surface area contributed by atoms with Crippen LogP contribution in [0.5, 0.6) is 0 Å². The lowest BCUT2D eigenvalue weighted by atomic mass is 9.82. The molecule has 1 aromatic heterocycles. The Kier molecular flexibility index (Phi) is 4.13. The van der Waals surface area contributed by atoms with E-state index in [4.69, 9.17) is 0 Å². The Hall–Kier alpha value is -2.14. The zero-order valence-corrected chi connectivity index (χ0v) is 16.4. The number of amides is 1. The number of carbonyl (C=O) groups is 1. The Balaban J connectivity index is 1.34. The van der Waals surface area contributed by atoms with E-state index in [-0.39, 0.29) is 10.8 Å². The lowest BCUT2D eigenvalue weighted by Gasteiger charge is -2.40. The number of hydrogen-bond acceptors (Lipinski definition) is 3. The lowest BCUT2D eigenvalue weighted by Crippen LogP contribution is -2.51. The number of rotatable bonds is 4. The van der Waals surface area contributed by atoms with Crippen LogP contribution in [-0.4, -0.2) is 44.2 Å². The first kappa shape index (κ1) is 17.9. The van der Waals surface area contributed by atoms with E-state index in [1.165, 1.54) is 31.2 Å². The van der Waals surface area contributed by atoms with Crippen molar-refractivity contribution in [3.63, 3.8) is 0 Å². The number of hydrogen-bond donors (Lipinski definition) is 1. The van der Waals surface area contributed by atoms with Gasteiger partial charge in [0, 0.05) is 25.5 Å². The molecule has 2 aliphatic carbocycles. The third kappa shape index (κ3) is 2.71. The monoisotopic (exact) mass is 379 g/mol. The summed E-state index contributed by atoms with van der Waals surface area (Å²) < 4.78 is 1.93. The third-order valence-corrected chi connectivity index (χ3v) is 7.59. The van der Waals surface area contributed by atoms with E-state index in [1.807, 2.05) is 21.7 Å². The molecular formula is C23H29N3O2. The predicted octanol–water partition coefficient (Wildman–Crippen LogP) is 3.14. The first-order chi connectivity index (χ1) is 13.6. The van der Waals surface area contributed by atoms with Gasteiger partial charge in [-0.25, -0.2) is 4.98 Å². The van der Waals surface area contributed by atoms with Crippen LogP contribution in [0.1, 0.15) is 50.5 Å². The Morgan fingerprint density at radius 2 is 1.79 bits per heavy atom. The Bertz CT molecular complexity index is 834. The van der Waals surface area contributed by atoms with Crippen LogP contribution in [0.4, 0.5) is 0 Å². The highest BCUT2D eigenvalue weighted by Crippen LogP contribution is 2.72. The van der Waals surface area contributed by atoms with Crippen molar-refractivity contribution in [3.8, 4) is 0 Å². The van der Waals surface area contributed by atoms with Crippen LogP contribution in [0.3, 0.4) is 0 Å². The van der Waals surface area contributed by atoms with Gasteiger partial charge in [-0.3, -0.25) is 4.79 Å². The molecule has 3 fully saturated rings. The number of likely N-dealkylation sites (tertiary alicyclic amines) is 1. The highest BCUT2D eigenvalue weighted by molar-refractivity contribution is 5.93. The molecular weight excluding hydrogens is 350 g/mol. The number of imidazole rings is 1. The van der Waals surface area contributed by atoms with Gasteiger partial charge in [0.2, 0.25) is 5.91 Å². The second-order valence-corrected chi connectivity index (χ2v) is 9.19. The lowest BCUT2D eigenvalue weighted by molar-refractivity contribution is -0.139. The highest BCUT2D eigenvalue weighted by Gasteiger charge is 2.73. The summed E-state index contributed by atoms with van der Waals surface area (Å²) in [6.45, 7) is 1.81. The van der Waals surface area contributed by atoms with Gasteiger partial charge in [-0.1, -0.05) is 43.2 Å². The van der Waals surface area contributed by atoms with Crippen molar-refractivity contribution in [2.45, 2.75) is 62.5 Å². The normalized spacial score (nSPS) is 27.8. The second kappa shape index (κ2) is 6.45. The number of nitrogens with zero attached hydrogens (tertiary/aromatic N) is 3. The number of aliphatic hydroxyl groups is 1. The molecule has 3 aliphatic rings. The minimum atomic E-state index is -0.758. The molecule has 0 bridgehead atoms. The van der Waals surface area contributed by atoms with Crippen molar-refractivity contribution in [2.24, 2.45) is 5.41 Å². The van der Waals surface area contributed by atoms with Gasteiger partial charge >= 0.3 is 0 Å². The van der Waals surface area contributed by atoms with Gasteiger partial charge in [0.1, 0.15) is 0 Å². The molecule has 0 unspecified atom stereocenters. The minimum absolute atomic E-state index is 0.177. The summed E-state index contributed by atoms with van der Waals surface area (Å²) in [7, 11) is 0. The molecule has 5 nitrogen and oxygen atoms in total. The third-order valence-electron chi connectivity index (χ3n) is 7.59. The molecule has 1 saturated heterocycles. The molecule has 28 heavy (non-hydrogen) atoms. The van der Waals surface area contributed by atoms with Gasteiger partial charge in [-0.05, 0) is 43.1 Å². The van der Waals surface area contributed by atoms with Crippen LogP contribution in [-0.2, 0) is 16.8 Å². The average molecular weight is 380 g/mol. The number of piperidine rings is 1. The van der Waals surface area contributed by atoms with Gasteiger partial charge in [-0.2, -0.15) is 0 Å². The van der Waals surface area contributed by atoms with Gasteiger partial charge in [0.25, 0.3) is 0 Å². The highest BCUT2D eigenvalue weighted by atomic mass is 16.3. The topological polar surface area (TPSA) is 58.4 Å². The van der Waals surface area contributed by atoms with Gasteiger partial charge < -0.3 is 14.6 Å². The molecule has 1 N–H and O–H groups in total. The van der Waals surface area contributed by atoms with Crippen LogP contribution in [0.2, 0.25) is 0 Å². The zero-order valence-electron chi connectivity index (χ0n) is 16.4. The summed E-state index contributed by atoms with van der Waals surface area (Å²) in [6.07, 6.45) is 12.4. The standard InChI is InChI=1S/C23H29N3O2/c27-20(26-13-10-22(28,11-14-26)17-25-15-12-24-18-25)23(19-6-2-1-3-7-19)16-21(23)8-4-5-9-21/h1-3,6-7,12,15,18,28H,4-5,8-11,13-14,16-17H2/t23-/m0/s1. The molecule has 2 saturated carbocycles. The quantitative estimate of drug-likeness (QED) is 0.888. The van der Waals surface area contributed by atoms with E-state index in [2.05, 4.69) is 29.2 Å². The van der Waals surface area contributed by atoms with Crippen molar-refractivity contribution in [2.75, 3.05) is 13.1 Å². The Labute approximate surface area is 166 Å². The summed E-state index contributed by atoms with van der Waals surface area (Å²) in [6, 6.07) is 10.4. The average Bonchev–Trinajstić information content (AvgIpc) is 3.05. The Morgan fingerprint density at radius 3 is 2.43 bits per heavy atom. The second-order valence-electron chi connectivity index (χ2n) is 9.19. The first-order valence-electron chi connectivity index (χ1n) is 10.6. The number of carbonyl (C=O) groups excluding carboxylic acids is 1. The summed E-state index contributed by atoms with van der Waals surface area (Å²) in [5.41, 5.74) is 0.285. The van der Waals surface area contributed by atoms with Gasteiger partial charge in [-0.15, -0.1) is 0 Å². The molecule has 2 aromatic rings. The smallest absolute Gasteiger partial charge is 0.233 e. The van der Waals surface area contributed by atoms with E-state index in [0.29, 0.717) is 38.4 Å². The van der Waals surface area contributed by atoms with Crippen LogP contribution in [0, 0.1) is 5.41 Å². The fourth-order valence-electron chi connectivity index (χ4n) is 5.95. The predicted molar refractivity (Wildman–Crippen MR) is 107 cm³/mol. The maximum atomic E-state index is 13.8. The summed E-state index contributed by atoms with van der Waals surface area (Å²) in [4.78, 5) is 19.9. The fraction of sp³-hybridized carbons (Fsp3) is 0.565. The van der Waals surface area contributed by atoms with E-state index in [1.54, 1.807) is 12.5 Å². The molecule has 1 spiro atoms. The molecule has 1 atom stereocenters. The van der Waals surface area contributed by atoms with Crippen molar-refractivity contribution in [1.29, 1.82) is 0 Å². The van der Waals surface area contributed by atoms with Crippen molar-refractivity contribution >= 4 is 5.91 Å². The maximum absolute atomic E-state index is 13.8. The first-order valence-corrected chi connectivity index (χ1v) is 10.6.